The number of halogens is 1. The topological polar surface area (TPSA) is 33.6 Å². The molecule has 4 rings (SSSR count). The van der Waals surface area contributed by atoms with Crippen LogP contribution in [0.5, 0.6) is 0 Å². The summed E-state index contributed by atoms with van der Waals surface area (Å²) in [6.45, 7) is 3.73. The van der Waals surface area contributed by atoms with Gasteiger partial charge in [-0.1, -0.05) is 41.9 Å². The Morgan fingerprint density at radius 3 is 2.72 bits per heavy atom. The lowest BCUT2D eigenvalue weighted by molar-refractivity contribution is 0.0448. The third-order valence-corrected chi connectivity index (χ3v) is 5.64. The van der Waals surface area contributed by atoms with Crippen LogP contribution in [0.3, 0.4) is 0 Å². The fourth-order valence-corrected chi connectivity index (χ4v) is 4.08. The largest absolute Gasteiger partial charge is 0.381 e. The Labute approximate surface area is 154 Å². The molecule has 3 nitrogen and oxygen atoms in total. The number of nitrogens with zero attached hydrogens (tertiary/aromatic N) is 1. The standard InChI is InChI=1S/C21H23ClN2O/c1-15(16-6-4-7-18(22)13-16)23-20-21(9-11-25-12-10-21)14-17-5-2-3-8-19(17)24-20/h2-8,13,15H,9-12,14H2,1H3,(H,23,24). The van der Waals surface area contributed by atoms with E-state index in [-0.39, 0.29) is 11.5 Å². The number of hydrogen-bond acceptors (Lipinski definition) is 2. The molecule has 2 heterocycles. The molecular formula is C21H23ClN2O. The summed E-state index contributed by atoms with van der Waals surface area (Å²) in [4.78, 5) is 5.11. The van der Waals surface area contributed by atoms with Crippen molar-refractivity contribution in [3.8, 4) is 0 Å². The Bertz CT molecular complexity index is 796. The molecule has 2 aliphatic heterocycles. The second-order valence-electron chi connectivity index (χ2n) is 7.06. The first-order valence-corrected chi connectivity index (χ1v) is 9.31. The number of fused-ring (bicyclic) bond motifs is 1. The summed E-state index contributed by atoms with van der Waals surface area (Å²) in [6, 6.07) is 16.6. The molecule has 1 atom stereocenters. The molecule has 0 saturated carbocycles. The highest BCUT2D eigenvalue weighted by Crippen LogP contribution is 2.42. The van der Waals surface area contributed by atoms with Crippen LogP contribution in [-0.4, -0.2) is 19.0 Å². The molecule has 0 aromatic heterocycles. The van der Waals surface area contributed by atoms with E-state index in [1.807, 2.05) is 18.2 Å². The van der Waals surface area contributed by atoms with Gasteiger partial charge in [0.15, 0.2) is 0 Å². The lowest BCUT2D eigenvalue weighted by atomic mass is 9.71. The molecule has 0 aliphatic carbocycles. The average molecular weight is 355 g/mol. The minimum absolute atomic E-state index is 0.0550. The smallest absolute Gasteiger partial charge is 0.108 e. The zero-order chi connectivity index (χ0) is 17.3. The zero-order valence-electron chi connectivity index (χ0n) is 14.5. The Kier molecular flexibility index (Phi) is 4.53. The summed E-state index contributed by atoms with van der Waals surface area (Å²) in [5.74, 6) is 1.10. The van der Waals surface area contributed by atoms with Crippen LogP contribution in [0.1, 0.15) is 36.9 Å². The molecular weight excluding hydrogens is 332 g/mol. The van der Waals surface area contributed by atoms with Crippen molar-refractivity contribution in [3.05, 3.63) is 64.7 Å². The number of hydrogen-bond donors (Lipinski definition) is 1. The van der Waals surface area contributed by atoms with Crippen LogP contribution in [-0.2, 0) is 11.2 Å². The van der Waals surface area contributed by atoms with E-state index in [9.17, 15) is 0 Å². The van der Waals surface area contributed by atoms with E-state index in [0.29, 0.717) is 0 Å². The van der Waals surface area contributed by atoms with E-state index in [2.05, 4.69) is 42.6 Å². The van der Waals surface area contributed by atoms with Crippen molar-refractivity contribution in [1.29, 1.82) is 0 Å². The molecule has 1 saturated heterocycles. The minimum atomic E-state index is 0.0550. The fourth-order valence-electron chi connectivity index (χ4n) is 3.88. The molecule has 1 spiro atoms. The summed E-state index contributed by atoms with van der Waals surface area (Å²) < 4.78 is 5.64. The van der Waals surface area contributed by atoms with Crippen molar-refractivity contribution in [3.63, 3.8) is 0 Å². The van der Waals surface area contributed by atoms with Crippen LogP contribution in [0.15, 0.2) is 53.5 Å². The molecule has 130 valence electrons. The summed E-state index contributed by atoms with van der Waals surface area (Å²) in [5, 5.41) is 4.39. The Hall–Kier alpha value is -1.84. The van der Waals surface area contributed by atoms with Gasteiger partial charge in [0.1, 0.15) is 5.84 Å². The second-order valence-corrected chi connectivity index (χ2v) is 7.50. The number of nitrogens with one attached hydrogen (secondary N) is 1. The van der Waals surface area contributed by atoms with Crippen LogP contribution in [0.25, 0.3) is 0 Å². The highest BCUT2D eigenvalue weighted by Gasteiger charge is 2.41. The van der Waals surface area contributed by atoms with Gasteiger partial charge in [0.05, 0.1) is 6.04 Å². The fraction of sp³-hybridized carbons (Fsp3) is 0.381. The van der Waals surface area contributed by atoms with Gasteiger partial charge in [-0.3, -0.25) is 4.99 Å². The monoisotopic (exact) mass is 354 g/mol. The highest BCUT2D eigenvalue weighted by atomic mass is 35.5. The maximum absolute atomic E-state index is 6.16. The summed E-state index contributed by atoms with van der Waals surface area (Å²) in [7, 11) is 0. The first-order valence-electron chi connectivity index (χ1n) is 8.93. The van der Waals surface area contributed by atoms with Crippen LogP contribution in [0, 0.1) is 5.41 Å². The number of benzene rings is 2. The van der Waals surface area contributed by atoms with Gasteiger partial charge in [0.2, 0.25) is 0 Å². The number of aliphatic imine (C=N–C) groups is 1. The van der Waals surface area contributed by atoms with Crippen LogP contribution < -0.4 is 5.32 Å². The Morgan fingerprint density at radius 1 is 1.12 bits per heavy atom. The molecule has 1 fully saturated rings. The maximum atomic E-state index is 6.16. The first kappa shape index (κ1) is 16.6. The Morgan fingerprint density at radius 2 is 1.92 bits per heavy atom. The van der Waals surface area contributed by atoms with E-state index in [1.165, 1.54) is 11.3 Å². The molecule has 25 heavy (non-hydrogen) atoms. The van der Waals surface area contributed by atoms with E-state index in [1.54, 1.807) is 0 Å². The summed E-state index contributed by atoms with van der Waals surface area (Å²) in [6.07, 6.45) is 3.05. The SMILES string of the molecule is CC(N=C1Nc2ccccc2CC12CCOCC2)c1cccc(Cl)c1. The van der Waals surface area contributed by atoms with Crippen molar-refractivity contribution < 1.29 is 4.74 Å². The number of para-hydroxylation sites is 1. The van der Waals surface area contributed by atoms with E-state index in [0.717, 1.165) is 48.9 Å². The third kappa shape index (κ3) is 3.31. The first-order chi connectivity index (χ1) is 12.2. The minimum Gasteiger partial charge on any atom is -0.381 e. The lowest BCUT2D eigenvalue weighted by Crippen LogP contribution is -2.46. The molecule has 4 heteroatoms. The summed E-state index contributed by atoms with van der Waals surface area (Å²) in [5.41, 5.74) is 3.75. The lowest BCUT2D eigenvalue weighted by Gasteiger charge is -2.42. The van der Waals surface area contributed by atoms with Gasteiger partial charge in [-0.05, 0) is 55.5 Å². The molecule has 0 radical (unpaired) electrons. The summed E-state index contributed by atoms with van der Waals surface area (Å²) >= 11 is 6.16. The Balaban J connectivity index is 1.72. The van der Waals surface area contributed by atoms with Gasteiger partial charge in [0.25, 0.3) is 0 Å². The zero-order valence-corrected chi connectivity index (χ0v) is 15.2. The molecule has 0 bridgehead atoms. The van der Waals surface area contributed by atoms with E-state index in [4.69, 9.17) is 21.3 Å². The van der Waals surface area contributed by atoms with Crippen molar-refractivity contribution >= 4 is 23.1 Å². The number of amidine groups is 1. The molecule has 2 aromatic carbocycles. The molecule has 2 aliphatic rings. The molecule has 1 N–H and O–H groups in total. The average Bonchev–Trinajstić information content (AvgIpc) is 2.63. The molecule has 0 amide bonds. The second kappa shape index (κ2) is 6.81. The normalized spacial score (nSPS) is 21.6. The van der Waals surface area contributed by atoms with Gasteiger partial charge in [0, 0.05) is 29.3 Å². The highest BCUT2D eigenvalue weighted by molar-refractivity contribution is 6.30. The molecule has 2 aromatic rings. The van der Waals surface area contributed by atoms with Gasteiger partial charge < -0.3 is 10.1 Å². The predicted molar refractivity (Wildman–Crippen MR) is 104 cm³/mol. The number of anilines is 1. The number of rotatable bonds is 2. The van der Waals surface area contributed by atoms with E-state index < -0.39 is 0 Å². The van der Waals surface area contributed by atoms with Crippen LogP contribution >= 0.6 is 11.6 Å². The third-order valence-electron chi connectivity index (χ3n) is 5.41. The van der Waals surface area contributed by atoms with Gasteiger partial charge >= 0.3 is 0 Å². The quantitative estimate of drug-likeness (QED) is 0.797. The van der Waals surface area contributed by atoms with E-state index >= 15 is 0 Å². The van der Waals surface area contributed by atoms with Crippen LogP contribution in [0.4, 0.5) is 5.69 Å². The predicted octanol–water partition coefficient (Wildman–Crippen LogP) is 5.26. The van der Waals surface area contributed by atoms with Crippen molar-refractivity contribution in [2.45, 2.75) is 32.2 Å². The van der Waals surface area contributed by atoms with Crippen molar-refractivity contribution in [2.24, 2.45) is 10.4 Å². The molecule has 1 unspecified atom stereocenters. The maximum Gasteiger partial charge on any atom is 0.108 e. The van der Waals surface area contributed by atoms with Crippen molar-refractivity contribution in [2.75, 3.05) is 18.5 Å². The van der Waals surface area contributed by atoms with Gasteiger partial charge in [-0.25, -0.2) is 0 Å². The van der Waals surface area contributed by atoms with Crippen molar-refractivity contribution in [1.82, 2.24) is 0 Å². The van der Waals surface area contributed by atoms with Gasteiger partial charge in [-0.2, -0.15) is 0 Å². The van der Waals surface area contributed by atoms with Crippen LogP contribution in [0.2, 0.25) is 5.02 Å². The van der Waals surface area contributed by atoms with Gasteiger partial charge in [-0.15, -0.1) is 0 Å². The number of ether oxygens (including phenoxy) is 1.